The zero-order valence-corrected chi connectivity index (χ0v) is 16.4. The molecule has 8 heteroatoms. The second-order valence-corrected chi connectivity index (χ2v) is 6.95. The van der Waals surface area contributed by atoms with Crippen LogP contribution < -0.4 is 5.32 Å². The number of esters is 1. The predicted molar refractivity (Wildman–Crippen MR) is 104 cm³/mol. The number of ether oxygens (including phenoxy) is 3. The number of likely N-dealkylation sites (tertiary alicyclic amines) is 1. The molecule has 1 fully saturated rings. The van der Waals surface area contributed by atoms with Gasteiger partial charge in [-0.15, -0.1) is 0 Å². The van der Waals surface area contributed by atoms with E-state index in [-0.39, 0.29) is 13.2 Å². The number of carbonyl (C=O) groups is 2. The summed E-state index contributed by atoms with van der Waals surface area (Å²) < 4.78 is 15.6. The van der Waals surface area contributed by atoms with Crippen LogP contribution >= 0.6 is 0 Å². The first-order chi connectivity index (χ1) is 13.7. The standard InChI is InChI=1S/C20H29N3O5/c1-2-27-19(24)13-28-20(25)22-11-8-17(9-12-22)23-10-7-16-5-3-4-6-18(16)21-14-26-15-23/h3-6,17,21H,2,7-15H2,1H3. The highest BCUT2D eigenvalue weighted by atomic mass is 16.6. The summed E-state index contributed by atoms with van der Waals surface area (Å²) in [7, 11) is 0. The molecule has 154 valence electrons. The second kappa shape index (κ2) is 10.3. The number of nitrogens with zero attached hydrogens (tertiary/aromatic N) is 2. The number of hydrogen-bond donors (Lipinski definition) is 1. The maximum atomic E-state index is 12.1. The van der Waals surface area contributed by atoms with Crippen LogP contribution in [0.3, 0.4) is 0 Å². The number of para-hydroxylation sites is 1. The quantitative estimate of drug-likeness (QED) is 0.787. The summed E-state index contributed by atoms with van der Waals surface area (Å²) >= 11 is 0. The summed E-state index contributed by atoms with van der Waals surface area (Å²) in [5.41, 5.74) is 2.42. The van der Waals surface area contributed by atoms with Crippen molar-refractivity contribution >= 4 is 17.7 Å². The molecule has 1 amide bonds. The SMILES string of the molecule is CCOC(=O)COC(=O)N1CCC(N2CCc3ccccc3NCOC2)CC1. The maximum Gasteiger partial charge on any atom is 0.410 e. The molecule has 28 heavy (non-hydrogen) atoms. The third-order valence-electron chi connectivity index (χ3n) is 5.17. The lowest BCUT2D eigenvalue weighted by atomic mass is 10.0. The normalized spacial score (nSPS) is 18.8. The average molecular weight is 391 g/mol. The van der Waals surface area contributed by atoms with E-state index in [1.54, 1.807) is 11.8 Å². The summed E-state index contributed by atoms with van der Waals surface area (Å²) in [4.78, 5) is 27.5. The molecule has 0 atom stereocenters. The van der Waals surface area contributed by atoms with E-state index >= 15 is 0 Å². The first-order valence-electron chi connectivity index (χ1n) is 9.88. The Morgan fingerprint density at radius 2 is 1.96 bits per heavy atom. The Hall–Kier alpha value is -2.32. The number of piperidine rings is 1. The monoisotopic (exact) mass is 391 g/mol. The number of fused-ring (bicyclic) bond motifs is 1. The number of nitrogens with one attached hydrogen (secondary N) is 1. The van der Waals surface area contributed by atoms with Crippen LogP contribution in [0.25, 0.3) is 0 Å². The summed E-state index contributed by atoms with van der Waals surface area (Å²) in [5, 5.41) is 3.33. The smallest absolute Gasteiger partial charge is 0.410 e. The Balaban J connectivity index is 1.47. The van der Waals surface area contributed by atoms with E-state index in [1.165, 1.54) is 5.56 Å². The van der Waals surface area contributed by atoms with Gasteiger partial charge in [0.05, 0.1) is 6.61 Å². The van der Waals surface area contributed by atoms with Crippen molar-refractivity contribution in [2.45, 2.75) is 32.2 Å². The van der Waals surface area contributed by atoms with Crippen molar-refractivity contribution in [3.8, 4) is 0 Å². The van der Waals surface area contributed by atoms with Crippen LogP contribution in [0.5, 0.6) is 0 Å². The molecule has 0 aromatic heterocycles. The molecule has 0 bridgehead atoms. The molecule has 1 aromatic rings. The van der Waals surface area contributed by atoms with Crippen LogP contribution in [-0.2, 0) is 25.4 Å². The molecule has 2 aliphatic rings. The van der Waals surface area contributed by atoms with E-state index < -0.39 is 12.1 Å². The van der Waals surface area contributed by atoms with Gasteiger partial charge in [-0.3, -0.25) is 4.90 Å². The van der Waals surface area contributed by atoms with Crippen molar-refractivity contribution in [2.24, 2.45) is 0 Å². The van der Waals surface area contributed by atoms with Crippen molar-refractivity contribution in [1.82, 2.24) is 9.80 Å². The zero-order valence-electron chi connectivity index (χ0n) is 16.4. The van der Waals surface area contributed by atoms with Gasteiger partial charge < -0.3 is 24.4 Å². The fourth-order valence-corrected chi connectivity index (χ4v) is 3.65. The number of anilines is 1. The van der Waals surface area contributed by atoms with E-state index in [1.807, 2.05) is 6.07 Å². The maximum absolute atomic E-state index is 12.1. The van der Waals surface area contributed by atoms with Crippen molar-refractivity contribution in [3.63, 3.8) is 0 Å². The van der Waals surface area contributed by atoms with Gasteiger partial charge in [0.1, 0.15) is 13.5 Å². The van der Waals surface area contributed by atoms with Crippen LogP contribution in [0, 0.1) is 0 Å². The number of rotatable bonds is 4. The van der Waals surface area contributed by atoms with Gasteiger partial charge in [-0.05, 0) is 37.8 Å². The third-order valence-corrected chi connectivity index (χ3v) is 5.17. The van der Waals surface area contributed by atoms with Gasteiger partial charge >= 0.3 is 12.1 Å². The topological polar surface area (TPSA) is 80.3 Å². The van der Waals surface area contributed by atoms with Crippen LogP contribution in [-0.4, -0.2) is 74.2 Å². The Kier molecular flexibility index (Phi) is 7.50. The molecule has 0 spiro atoms. The molecule has 0 radical (unpaired) electrons. The number of hydrogen-bond acceptors (Lipinski definition) is 7. The third kappa shape index (κ3) is 5.59. The first kappa shape index (κ1) is 20.4. The molecule has 1 saturated heterocycles. The van der Waals surface area contributed by atoms with Crippen LogP contribution in [0.15, 0.2) is 24.3 Å². The van der Waals surface area contributed by atoms with Crippen LogP contribution in [0.1, 0.15) is 25.3 Å². The first-order valence-corrected chi connectivity index (χ1v) is 9.88. The molecular formula is C20H29N3O5. The molecular weight excluding hydrogens is 362 g/mol. The van der Waals surface area contributed by atoms with Gasteiger partial charge in [-0.1, -0.05) is 18.2 Å². The molecule has 1 aromatic carbocycles. The Labute approximate surface area is 165 Å². The summed E-state index contributed by atoms with van der Waals surface area (Å²) in [6, 6.07) is 8.67. The van der Waals surface area contributed by atoms with E-state index in [4.69, 9.17) is 14.2 Å². The minimum Gasteiger partial charge on any atom is -0.463 e. The highest BCUT2D eigenvalue weighted by molar-refractivity contribution is 5.75. The molecule has 2 aliphatic heterocycles. The highest BCUT2D eigenvalue weighted by Crippen LogP contribution is 2.21. The predicted octanol–water partition coefficient (Wildman–Crippen LogP) is 2.05. The molecule has 2 heterocycles. The minimum absolute atomic E-state index is 0.277. The molecule has 1 N–H and O–H groups in total. The number of carbonyl (C=O) groups excluding carboxylic acids is 2. The molecule has 0 saturated carbocycles. The lowest BCUT2D eigenvalue weighted by Gasteiger charge is -2.37. The van der Waals surface area contributed by atoms with Gasteiger partial charge in [-0.25, -0.2) is 9.59 Å². The fourth-order valence-electron chi connectivity index (χ4n) is 3.65. The fraction of sp³-hybridized carbons (Fsp3) is 0.600. The van der Waals surface area contributed by atoms with Crippen LogP contribution in [0.4, 0.5) is 10.5 Å². The summed E-state index contributed by atoms with van der Waals surface area (Å²) in [6.45, 7) is 4.84. The zero-order chi connectivity index (χ0) is 19.8. The Morgan fingerprint density at radius 1 is 1.18 bits per heavy atom. The lowest BCUT2D eigenvalue weighted by molar-refractivity contribution is -0.146. The number of amides is 1. The van der Waals surface area contributed by atoms with Crippen molar-refractivity contribution < 1.29 is 23.8 Å². The van der Waals surface area contributed by atoms with Gasteiger partial charge in [0.25, 0.3) is 0 Å². The molecule has 3 rings (SSSR count). The largest absolute Gasteiger partial charge is 0.463 e. The van der Waals surface area contributed by atoms with Gasteiger partial charge in [0, 0.05) is 31.4 Å². The van der Waals surface area contributed by atoms with Crippen molar-refractivity contribution in [1.29, 1.82) is 0 Å². The van der Waals surface area contributed by atoms with E-state index in [0.29, 0.717) is 32.6 Å². The molecule has 8 nitrogen and oxygen atoms in total. The van der Waals surface area contributed by atoms with Crippen molar-refractivity contribution in [3.05, 3.63) is 29.8 Å². The van der Waals surface area contributed by atoms with E-state index in [9.17, 15) is 9.59 Å². The average Bonchev–Trinajstić information content (AvgIpc) is 2.83. The highest BCUT2D eigenvalue weighted by Gasteiger charge is 2.28. The molecule has 0 aliphatic carbocycles. The van der Waals surface area contributed by atoms with Crippen LogP contribution in [0.2, 0.25) is 0 Å². The van der Waals surface area contributed by atoms with E-state index in [0.717, 1.165) is 31.5 Å². The summed E-state index contributed by atoms with van der Waals surface area (Å²) in [5.74, 6) is -0.520. The van der Waals surface area contributed by atoms with Gasteiger partial charge in [-0.2, -0.15) is 0 Å². The van der Waals surface area contributed by atoms with E-state index in [2.05, 4.69) is 28.4 Å². The van der Waals surface area contributed by atoms with Crippen molar-refractivity contribution in [2.75, 3.05) is 51.6 Å². The Morgan fingerprint density at radius 3 is 2.75 bits per heavy atom. The number of benzene rings is 1. The summed E-state index contributed by atoms with van der Waals surface area (Å²) in [6.07, 6.45) is 2.21. The van der Waals surface area contributed by atoms with Gasteiger partial charge in [0.15, 0.2) is 6.61 Å². The minimum atomic E-state index is -0.520. The molecule has 0 unspecified atom stereocenters. The van der Waals surface area contributed by atoms with Gasteiger partial charge in [0.2, 0.25) is 0 Å². The Bertz CT molecular complexity index is 661. The lowest BCUT2D eigenvalue weighted by Crippen LogP contribution is -2.48. The second-order valence-electron chi connectivity index (χ2n) is 6.95.